The third-order valence-corrected chi connectivity index (χ3v) is 5.16. The average Bonchev–Trinajstić information content (AvgIpc) is 3.14. The Morgan fingerprint density at radius 3 is 2.70 bits per heavy atom. The van der Waals surface area contributed by atoms with Gasteiger partial charge < -0.3 is 0 Å². The van der Waals surface area contributed by atoms with Crippen molar-refractivity contribution in [3.05, 3.63) is 72.1 Å². The summed E-state index contributed by atoms with van der Waals surface area (Å²) in [5, 5.41) is 12.5. The molecule has 0 atom stereocenters. The number of thiophene rings is 1. The van der Waals surface area contributed by atoms with E-state index < -0.39 is 0 Å². The Bertz CT molecular complexity index is 847. The summed E-state index contributed by atoms with van der Waals surface area (Å²) >= 11 is 3.20. The van der Waals surface area contributed by atoms with Gasteiger partial charge in [0, 0.05) is 11.3 Å². The van der Waals surface area contributed by atoms with E-state index in [0.29, 0.717) is 5.56 Å². The molecule has 0 N–H and O–H groups in total. The predicted molar refractivity (Wildman–Crippen MR) is 98.6 cm³/mol. The van der Waals surface area contributed by atoms with Gasteiger partial charge in [-0.1, -0.05) is 42.5 Å². The van der Waals surface area contributed by atoms with Crippen LogP contribution in [0.2, 0.25) is 0 Å². The van der Waals surface area contributed by atoms with Crippen LogP contribution in [0.15, 0.2) is 71.6 Å². The molecule has 2 nitrogen and oxygen atoms in total. The molecule has 112 valence electrons. The van der Waals surface area contributed by atoms with Crippen molar-refractivity contribution in [3.8, 4) is 27.8 Å². The molecule has 0 amide bonds. The monoisotopic (exact) mass is 334 g/mol. The quantitative estimate of drug-likeness (QED) is 0.448. The van der Waals surface area contributed by atoms with E-state index in [1.54, 1.807) is 23.1 Å². The molecule has 0 saturated heterocycles. The highest BCUT2D eigenvalue weighted by Crippen LogP contribution is 2.35. The van der Waals surface area contributed by atoms with Crippen molar-refractivity contribution in [3.63, 3.8) is 0 Å². The molecular weight excluding hydrogens is 320 g/mol. The first-order valence-electron chi connectivity index (χ1n) is 7.11. The van der Waals surface area contributed by atoms with Gasteiger partial charge in [0.05, 0.1) is 16.1 Å². The molecule has 0 aliphatic rings. The number of nitrogens with zero attached hydrogens (tertiary/aromatic N) is 2. The molecule has 0 aliphatic heterocycles. The molecular formula is C19H14N2S2. The smallest absolute Gasteiger partial charge is 0.115 e. The summed E-state index contributed by atoms with van der Waals surface area (Å²) in [4.78, 5) is 5.82. The minimum absolute atomic E-state index is 0.628. The van der Waals surface area contributed by atoms with Gasteiger partial charge in [0.1, 0.15) is 11.1 Å². The minimum atomic E-state index is 0.628. The van der Waals surface area contributed by atoms with E-state index in [2.05, 4.69) is 18.7 Å². The van der Waals surface area contributed by atoms with E-state index in [1.807, 2.05) is 53.9 Å². The Kier molecular flexibility index (Phi) is 4.92. The van der Waals surface area contributed by atoms with Crippen molar-refractivity contribution in [1.29, 1.82) is 5.26 Å². The van der Waals surface area contributed by atoms with Crippen LogP contribution in [0.3, 0.4) is 0 Å². The van der Waals surface area contributed by atoms with Crippen LogP contribution in [0.25, 0.3) is 21.7 Å². The van der Waals surface area contributed by atoms with Crippen LogP contribution < -0.4 is 0 Å². The summed E-state index contributed by atoms with van der Waals surface area (Å²) in [7, 11) is 0. The fourth-order valence-corrected chi connectivity index (χ4v) is 3.69. The standard InChI is InChI=1S/C19H14N2S2/c1-2-10-23-19-16(13-20)15(14-7-4-3-5-8-14)12-17(21-19)18-9-6-11-22-18/h2-9,11-12H,1,10H2. The van der Waals surface area contributed by atoms with E-state index in [4.69, 9.17) is 4.98 Å². The number of aromatic nitrogens is 1. The molecule has 2 aromatic heterocycles. The molecule has 3 rings (SSSR count). The van der Waals surface area contributed by atoms with E-state index in [9.17, 15) is 5.26 Å². The van der Waals surface area contributed by atoms with Gasteiger partial charge in [-0.2, -0.15) is 5.26 Å². The molecule has 0 bridgehead atoms. The van der Waals surface area contributed by atoms with Gasteiger partial charge in [-0.3, -0.25) is 0 Å². The molecule has 0 saturated carbocycles. The third kappa shape index (κ3) is 3.37. The highest BCUT2D eigenvalue weighted by Gasteiger charge is 2.15. The fourth-order valence-electron chi connectivity index (χ4n) is 2.27. The Morgan fingerprint density at radius 2 is 2.04 bits per heavy atom. The van der Waals surface area contributed by atoms with E-state index in [1.165, 1.54) is 0 Å². The molecule has 4 heteroatoms. The first-order chi connectivity index (χ1) is 11.3. The molecule has 1 aromatic carbocycles. The number of hydrogen-bond acceptors (Lipinski definition) is 4. The summed E-state index contributed by atoms with van der Waals surface area (Å²) < 4.78 is 0. The summed E-state index contributed by atoms with van der Waals surface area (Å²) in [6.07, 6.45) is 1.83. The highest BCUT2D eigenvalue weighted by atomic mass is 32.2. The maximum absolute atomic E-state index is 9.65. The summed E-state index contributed by atoms with van der Waals surface area (Å²) in [6.45, 7) is 3.75. The van der Waals surface area contributed by atoms with Crippen LogP contribution in [0.4, 0.5) is 0 Å². The van der Waals surface area contributed by atoms with Crippen LogP contribution in [0, 0.1) is 11.3 Å². The van der Waals surface area contributed by atoms with Gasteiger partial charge in [0.2, 0.25) is 0 Å². The van der Waals surface area contributed by atoms with Gasteiger partial charge in [-0.25, -0.2) is 4.98 Å². The molecule has 0 spiro atoms. The maximum Gasteiger partial charge on any atom is 0.115 e. The predicted octanol–water partition coefficient (Wildman–Crippen LogP) is 5.63. The van der Waals surface area contributed by atoms with Crippen LogP contribution in [0.5, 0.6) is 0 Å². The van der Waals surface area contributed by atoms with E-state index in [0.717, 1.165) is 32.5 Å². The minimum Gasteiger partial charge on any atom is -0.239 e. The van der Waals surface area contributed by atoms with Crippen LogP contribution in [-0.4, -0.2) is 10.7 Å². The van der Waals surface area contributed by atoms with Crippen molar-refractivity contribution in [2.75, 3.05) is 5.75 Å². The van der Waals surface area contributed by atoms with E-state index >= 15 is 0 Å². The number of rotatable bonds is 5. The second-order valence-corrected chi connectivity index (χ2v) is 6.75. The number of hydrogen-bond donors (Lipinski definition) is 0. The summed E-state index contributed by atoms with van der Waals surface area (Å²) in [5.74, 6) is 0.726. The first-order valence-corrected chi connectivity index (χ1v) is 8.98. The summed E-state index contributed by atoms with van der Waals surface area (Å²) in [5.41, 5.74) is 3.50. The molecule has 0 unspecified atom stereocenters. The lowest BCUT2D eigenvalue weighted by Crippen LogP contribution is -1.95. The Balaban J connectivity index is 2.21. The van der Waals surface area contributed by atoms with Gasteiger partial charge in [0.15, 0.2) is 0 Å². The number of nitriles is 1. The highest BCUT2D eigenvalue weighted by molar-refractivity contribution is 7.99. The summed E-state index contributed by atoms with van der Waals surface area (Å²) in [6, 6.07) is 18.4. The number of benzene rings is 1. The van der Waals surface area contributed by atoms with Crippen molar-refractivity contribution in [1.82, 2.24) is 4.98 Å². The molecule has 0 radical (unpaired) electrons. The Morgan fingerprint density at radius 1 is 1.22 bits per heavy atom. The van der Waals surface area contributed by atoms with Crippen molar-refractivity contribution < 1.29 is 0 Å². The average molecular weight is 334 g/mol. The van der Waals surface area contributed by atoms with Crippen molar-refractivity contribution >= 4 is 23.1 Å². The third-order valence-electron chi connectivity index (χ3n) is 3.29. The zero-order valence-corrected chi connectivity index (χ0v) is 14.0. The van der Waals surface area contributed by atoms with Gasteiger partial charge in [0.25, 0.3) is 0 Å². The van der Waals surface area contributed by atoms with Gasteiger partial charge >= 0.3 is 0 Å². The topological polar surface area (TPSA) is 36.7 Å². The van der Waals surface area contributed by atoms with Gasteiger partial charge in [-0.05, 0) is 23.1 Å². The lowest BCUT2D eigenvalue weighted by Gasteiger charge is -2.11. The number of thioether (sulfide) groups is 1. The maximum atomic E-state index is 9.65. The van der Waals surface area contributed by atoms with Crippen molar-refractivity contribution in [2.45, 2.75) is 5.03 Å². The second kappa shape index (κ2) is 7.28. The molecule has 0 aliphatic carbocycles. The fraction of sp³-hybridized carbons (Fsp3) is 0.0526. The van der Waals surface area contributed by atoms with Crippen LogP contribution >= 0.6 is 23.1 Å². The molecule has 23 heavy (non-hydrogen) atoms. The zero-order valence-electron chi connectivity index (χ0n) is 12.4. The second-order valence-electron chi connectivity index (χ2n) is 4.79. The van der Waals surface area contributed by atoms with Gasteiger partial charge in [-0.15, -0.1) is 29.7 Å². The van der Waals surface area contributed by atoms with Crippen LogP contribution in [-0.2, 0) is 0 Å². The van der Waals surface area contributed by atoms with Crippen LogP contribution in [0.1, 0.15) is 5.56 Å². The molecule has 3 aromatic rings. The zero-order chi connectivity index (χ0) is 16.1. The molecule has 2 heterocycles. The lowest BCUT2D eigenvalue weighted by atomic mass is 10.0. The SMILES string of the molecule is C=CCSc1nc(-c2cccs2)cc(-c2ccccc2)c1C#N. The lowest BCUT2D eigenvalue weighted by molar-refractivity contribution is 1.12. The first kappa shape index (κ1) is 15.5. The Labute approximate surface area is 144 Å². The Hall–Kier alpha value is -2.35. The normalized spacial score (nSPS) is 10.2. The largest absolute Gasteiger partial charge is 0.239 e. The molecule has 0 fully saturated rings. The number of pyridine rings is 1. The van der Waals surface area contributed by atoms with E-state index in [-0.39, 0.29) is 0 Å². The van der Waals surface area contributed by atoms with Crippen molar-refractivity contribution in [2.24, 2.45) is 0 Å².